The average Bonchev–Trinajstić information content (AvgIpc) is 3.44. The number of nitrogens with zero attached hydrogens (tertiary/aromatic N) is 5. The first-order valence-electron chi connectivity index (χ1n) is 9.69. The zero-order valence-corrected chi connectivity index (χ0v) is 15.9. The highest BCUT2D eigenvalue weighted by Crippen LogP contribution is 2.39. The molecule has 1 aliphatic heterocycles. The van der Waals surface area contributed by atoms with Gasteiger partial charge < -0.3 is 5.32 Å². The molecular weight excluding hydrogens is 360 g/mol. The van der Waals surface area contributed by atoms with E-state index in [1.54, 1.807) is 0 Å². The Bertz CT molecular complexity index is 925. The van der Waals surface area contributed by atoms with Crippen molar-refractivity contribution in [2.45, 2.75) is 44.2 Å². The lowest BCUT2D eigenvalue weighted by atomic mass is 10.0. The van der Waals surface area contributed by atoms with Crippen molar-refractivity contribution in [3.05, 3.63) is 53.1 Å². The predicted octanol–water partition coefficient (Wildman–Crippen LogP) is 3.73. The van der Waals surface area contributed by atoms with E-state index in [1.807, 2.05) is 24.5 Å². The number of rotatable bonds is 5. The van der Waals surface area contributed by atoms with Gasteiger partial charge in [-0.25, -0.2) is 4.98 Å². The zero-order chi connectivity index (χ0) is 18.2. The number of hydrogen-bond acceptors (Lipinski definition) is 5. The Balaban J connectivity index is 1.22. The number of halogens is 1. The van der Waals surface area contributed by atoms with Crippen LogP contribution in [0.3, 0.4) is 0 Å². The quantitative estimate of drug-likeness (QED) is 0.728. The van der Waals surface area contributed by atoms with E-state index in [4.69, 9.17) is 11.6 Å². The topological polar surface area (TPSA) is 58.4 Å². The molecule has 2 aliphatic rings. The fourth-order valence-corrected chi connectivity index (χ4v) is 3.97. The standard InChI is InChI=1S/C20H23ClN6/c21-16-5-1-14(2-6-16)13-26-10-7-17(8-11-26)23-18-20-25-24-19(15-3-4-15)27(20)12-9-22-18/h1-2,5-6,9,12,15,17H,3-4,7-8,10-11,13H2,(H,22,23). The van der Waals surface area contributed by atoms with Crippen LogP contribution >= 0.6 is 11.6 Å². The summed E-state index contributed by atoms with van der Waals surface area (Å²) >= 11 is 5.98. The fraction of sp³-hybridized carbons (Fsp3) is 0.450. The molecule has 0 bridgehead atoms. The number of benzene rings is 1. The molecule has 1 saturated heterocycles. The zero-order valence-electron chi connectivity index (χ0n) is 15.2. The lowest BCUT2D eigenvalue weighted by Gasteiger charge is -2.32. The van der Waals surface area contributed by atoms with Crippen LogP contribution in [-0.4, -0.2) is 43.6 Å². The summed E-state index contributed by atoms with van der Waals surface area (Å²) in [5, 5.41) is 13.2. The number of nitrogens with one attached hydrogen (secondary N) is 1. The van der Waals surface area contributed by atoms with E-state index < -0.39 is 0 Å². The minimum Gasteiger partial charge on any atom is -0.364 e. The van der Waals surface area contributed by atoms with Gasteiger partial charge in [-0.15, -0.1) is 10.2 Å². The number of fused-ring (bicyclic) bond motifs is 1. The number of aromatic nitrogens is 4. The molecule has 3 aromatic rings. The Hall–Kier alpha value is -2.18. The molecule has 0 unspecified atom stereocenters. The van der Waals surface area contributed by atoms with E-state index in [9.17, 15) is 0 Å². The Morgan fingerprint density at radius 2 is 1.81 bits per heavy atom. The molecule has 2 aromatic heterocycles. The molecule has 0 spiro atoms. The maximum atomic E-state index is 5.98. The highest BCUT2D eigenvalue weighted by molar-refractivity contribution is 6.30. The molecule has 1 saturated carbocycles. The number of hydrogen-bond donors (Lipinski definition) is 1. The van der Waals surface area contributed by atoms with Crippen LogP contribution in [0.15, 0.2) is 36.7 Å². The molecule has 27 heavy (non-hydrogen) atoms. The van der Waals surface area contributed by atoms with Crippen LogP contribution in [0.1, 0.15) is 43.0 Å². The highest BCUT2D eigenvalue weighted by Gasteiger charge is 2.29. The summed E-state index contributed by atoms with van der Waals surface area (Å²) in [6, 6.07) is 8.57. The molecule has 2 fully saturated rings. The normalized spacial score (nSPS) is 18.9. The van der Waals surface area contributed by atoms with E-state index >= 15 is 0 Å². The average molecular weight is 383 g/mol. The third-order valence-corrected chi connectivity index (χ3v) is 5.80. The fourth-order valence-electron chi connectivity index (χ4n) is 3.84. The molecule has 1 aliphatic carbocycles. The van der Waals surface area contributed by atoms with Gasteiger partial charge in [0.1, 0.15) is 5.82 Å². The van der Waals surface area contributed by atoms with Crippen LogP contribution in [0.2, 0.25) is 5.02 Å². The summed E-state index contributed by atoms with van der Waals surface area (Å²) < 4.78 is 2.10. The third-order valence-electron chi connectivity index (χ3n) is 5.54. The molecule has 1 N–H and O–H groups in total. The molecular formula is C20H23ClN6. The summed E-state index contributed by atoms with van der Waals surface area (Å²) in [6.07, 6.45) is 8.46. The number of likely N-dealkylation sites (tertiary alicyclic amines) is 1. The van der Waals surface area contributed by atoms with Crippen molar-refractivity contribution in [1.82, 2.24) is 24.5 Å². The van der Waals surface area contributed by atoms with Gasteiger partial charge in [0.2, 0.25) is 5.65 Å². The number of piperidine rings is 1. The van der Waals surface area contributed by atoms with Crippen molar-refractivity contribution in [1.29, 1.82) is 0 Å². The van der Waals surface area contributed by atoms with E-state index in [0.717, 1.165) is 54.8 Å². The smallest absolute Gasteiger partial charge is 0.203 e. The minimum atomic E-state index is 0.422. The van der Waals surface area contributed by atoms with Crippen molar-refractivity contribution in [3.63, 3.8) is 0 Å². The summed E-state index contributed by atoms with van der Waals surface area (Å²) in [6.45, 7) is 3.12. The summed E-state index contributed by atoms with van der Waals surface area (Å²) in [4.78, 5) is 7.03. The van der Waals surface area contributed by atoms with Crippen LogP contribution in [0.25, 0.3) is 5.65 Å². The number of anilines is 1. The van der Waals surface area contributed by atoms with Gasteiger partial charge in [-0.2, -0.15) is 0 Å². The molecule has 0 radical (unpaired) electrons. The first-order chi connectivity index (χ1) is 13.3. The van der Waals surface area contributed by atoms with E-state index in [0.29, 0.717) is 12.0 Å². The minimum absolute atomic E-state index is 0.422. The maximum Gasteiger partial charge on any atom is 0.203 e. The molecule has 0 amide bonds. The van der Waals surface area contributed by atoms with Crippen LogP contribution in [0, 0.1) is 0 Å². The highest BCUT2D eigenvalue weighted by atomic mass is 35.5. The Labute approximate surface area is 163 Å². The van der Waals surface area contributed by atoms with E-state index in [2.05, 4.69) is 41.9 Å². The maximum absolute atomic E-state index is 5.98. The second-order valence-corrected chi connectivity index (χ2v) is 8.06. The third kappa shape index (κ3) is 3.64. The van der Waals surface area contributed by atoms with Gasteiger partial charge in [0.25, 0.3) is 0 Å². The van der Waals surface area contributed by atoms with Gasteiger partial charge in [0.05, 0.1) is 0 Å². The van der Waals surface area contributed by atoms with Crippen molar-refractivity contribution >= 4 is 23.1 Å². The van der Waals surface area contributed by atoms with Crippen molar-refractivity contribution in [3.8, 4) is 0 Å². The van der Waals surface area contributed by atoms with E-state index in [-0.39, 0.29) is 0 Å². The van der Waals surface area contributed by atoms with Gasteiger partial charge in [0, 0.05) is 49.0 Å². The van der Waals surface area contributed by atoms with Crippen LogP contribution in [-0.2, 0) is 6.54 Å². The molecule has 1 aromatic carbocycles. The molecule has 7 heteroatoms. The second kappa shape index (κ2) is 7.09. The van der Waals surface area contributed by atoms with Crippen molar-refractivity contribution < 1.29 is 0 Å². The molecule has 3 heterocycles. The summed E-state index contributed by atoms with van der Waals surface area (Å²) in [5.41, 5.74) is 2.16. The Kier molecular flexibility index (Phi) is 4.45. The first-order valence-corrected chi connectivity index (χ1v) is 10.1. The SMILES string of the molecule is Clc1ccc(CN2CCC(Nc3nccn4c(C5CC5)nnc34)CC2)cc1. The molecule has 140 valence electrons. The first kappa shape index (κ1) is 17.0. The molecule has 5 rings (SSSR count). The van der Waals surface area contributed by atoms with Gasteiger partial charge in [0.15, 0.2) is 5.82 Å². The van der Waals surface area contributed by atoms with E-state index in [1.165, 1.54) is 18.4 Å². The van der Waals surface area contributed by atoms with Gasteiger partial charge >= 0.3 is 0 Å². The summed E-state index contributed by atoms with van der Waals surface area (Å²) in [7, 11) is 0. The summed E-state index contributed by atoms with van der Waals surface area (Å²) in [5.74, 6) is 2.51. The lowest BCUT2D eigenvalue weighted by molar-refractivity contribution is 0.211. The molecule has 0 atom stereocenters. The largest absolute Gasteiger partial charge is 0.364 e. The van der Waals surface area contributed by atoms with Crippen molar-refractivity contribution in [2.75, 3.05) is 18.4 Å². The Morgan fingerprint density at radius 3 is 2.56 bits per heavy atom. The van der Waals surface area contributed by atoms with Crippen molar-refractivity contribution in [2.24, 2.45) is 0 Å². The van der Waals surface area contributed by atoms with Gasteiger partial charge in [-0.3, -0.25) is 9.30 Å². The monoisotopic (exact) mass is 382 g/mol. The van der Waals surface area contributed by atoms with Gasteiger partial charge in [-0.05, 0) is 43.4 Å². The van der Waals surface area contributed by atoms with Crippen LogP contribution in [0.4, 0.5) is 5.82 Å². The predicted molar refractivity (Wildman–Crippen MR) is 106 cm³/mol. The lowest BCUT2D eigenvalue weighted by Crippen LogP contribution is -2.38. The van der Waals surface area contributed by atoms with Crippen LogP contribution < -0.4 is 5.32 Å². The molecule has 6 nitrogen and oxygen atoms in total. The second-order valence-electron chi connectivity index (χ2n) is 7.62. The van der Waals surface area contributed by atoms with Gasteiger partial charge in [-0.1, -0.05) is 23.7 Å². The van der Waals surface area contributed by atoms with Crippen LogP contribution in [0.5, 0.6) is 0 Å². The Morgan fingerprint density at radius 1 is 1.04 bits per heavy atom.